The second-order valence-corrected chi connectivity index (χ2v) is 23.9. The van der Waals surface area contributed by atoms with Crippen molar-refractivity contribution in [3.05, 3.63) is 72.9 Å². The summed E-state index contributed by atoms with van der Waals surface area (Å²) < 4.78 is 22.9. The Morgan fingerprint density at radius 2 is 0.821 bits per heavy atom. The molecule has 2 aliphatic rings. The van der Waals surface area contributed by atoms with Crippen molar-refractivity contribution in [3.63, 3.8) is 0 Å². The van der Waals surface area contributed by atoms with Gasteiger partial charge in [-0.1, -0.05) is 273 Å². The van der Waals surface area contributed by atoms with E-state index in [0.717, 1.165) is 89.9 Å². The Labute approximate surface area is 510 Å². The fourth-order valence-corrected chi connectivity index (χ4v) is 11.0. The molecule has 14 heteroatoms. The van der Waals surface area contributed by atoms with Crippen molar-refractivity contribution in [3.8, 4) is 0 Å². The molecule has 488 valence electrons. The van der Waals surface area contributed by atoms with Crippen molar-refractivity contribution < 1.29 is 64.6 Å². The first kappa shape index (κ1) is 77.5. The van der Waals surface area contributed by atoms with Gasteiger partial charge in [0.1, 0.15) is 48.8 Å². The third-order valence-electron chi connectivity index (χ3n) is 16.4. The van der Waals surface area contributed by atoms with E-state index in [0.29, 0.717) is 19.3 Å². The number of aliphatic hydroxyl groups is 8. The van der Waals surface area contributed by atoms with Crippen LogP contribution in [0.2, 0.25) is 0 Å². The first-order valence-corrected chi connectivity index (χ1v) is 34.2. The highest BCUT2D eigenvalue weighted by Gasteiger charge is 2.51. The molecular weight excluding hydrogens is 1060 g/mol. The number of carbonyl (C=O) groups is 1. The van der Waals surface area contributed by atoms with Gasteiger partial charge < -0.3 is 65.1 Å². The van der Waals surface area contributed by atoms with Crippen LogP contribution in [0.3, 0.4) is 0 Å². The number of hydrogen-bond donors (Lipinski definition) is 9. The molecule has 0 aromatic rings. The van der Waals surface area contributed by atoms with Crippen molar-refractivity contribution in [1.82, 2.24) is 5.32 Å². The predicted molar refractivity (Wildman–Crippen MR) is 341 cm³/mol. The minimum absolute atomic E-state index is 0.211. The van der Waals surface area contributed by atoms with Crippen LogP contribution in [0.15, 0.2) is 72.9 Å². The second kappa shape index (κ2) is 54.6. The molecule has 2 aliphatic heterocycles. The van der Waals surface area contributed by atoms with Crippen LogP contribution in [0, 0.1) is 0 Å². The fourth-order valence-electron chi connectivity index (χ4n) is 11.0. The molecule has 12 atom stereocenters. The van der Waals surface area contributed by atoms with Crippen LogP contribution in [-0.4, -0.2) is 140 Å². The monoisotopic (exact) mass is 1190 g/mol. The van der Waals surface area contributed by atoms with Crippen molar-refractivity contribution in [1.29, 1.82) is 0 Å². The molecule has 2 saturated heterocycles. The predicted octanol–water partition coefficient (Wildman–Crippen LogP) is 13.5. The van der Waals surface area contributed by atoms with Gasteiger partial charge in [0.05, 0.1) is 32.0 Å². The smallest absolute Gasteiger partial charge is 0.220 e. The van der Waals surface area contributed by atoms with E-state index in [-0.39, 0.29) is 12.5 Å². The lowest BCUT2D eigenvalue weighted by Crippen LogP contribution is -2.65. The zero-order chi connectivity index (χ0) is 60.9. The average molecular weight is 1190 g/mol. The number of hydrogen-bond acceptors (Lipinski definition) is 13. The first-order valence-electron chi connectivity index (χ1n) is 34.2. The minimum atomic E-state index is -1.79. The molecule has 9 N–H and O–H groups in total. The summed E-state index contributed by atoms with van der Waals surface area (Å²) in [5.74, 6) is -0.211. The Morgan fingerprint density at radius 1 is 0.440 bits per heavy atom. The summed E-state index contributed by atoms with van der Waals surface area (Å²) in [5.41, 5.74) is 0. The van der Waals surface area contributed by atoms with Gasteiger partial charge in [-0.05, 0) is 64.2 Å². The standard InChI is InChI=1S/C70H125NO13/c1-3-5-7-9-11-13-15-17-19-21-23-25-26-27-28-29-30-31-32-34-36-38-40-42-44-46-48-50-52-54-62(75)71-58(59(74)53-51-49-47-45-43-41-39-37-35-33-24-22-20-18-16-14-12-10-8-6-4-2)57-81-69-67(80)65(78)68(61(56-73)83-69)84-70-66(79)64(77)63(76)60(55-72)82-70/h5,7,11,13,17,19,23,25,27-28,30-31,58-61,63-70,72-74,76-80H,3-4,6,8-10,12,14-16,18,20-22,24,26,29,32-57H2,1-2H3,(H,71,75)/b7-5-,13-11-,19-17-,25-23-,28-27-,31-30-. The summed E-state index contributed by atoms with van der Waals surface area (Å²) in [6, 6.07) is -0.836. The molecule has 0 radical (unpaired) electrons. The van der Waals surface area contributed by atoms with Crippen LogP contribution in [0.4, 0.5) is 0 Å². The molecule has 84 heavy (non-hydrogen) atoms. The molecule has 2 fully saturated rings. The normalized spacial score (nSPS) is 24.1. The molecule has 0 aromatic carbocycles. The van der Waals surface area contributed by atoms with Crippen molar-refractivity contribution in [2.24, 2.45) is 0 Å². The maximum atomic E-state index is 13.3. The van der Waals surface area contributed by atoms with Gasteiger partial charge in [0, 0.05) is 6.42 Å². The molecular formula is C70H125NO13. The number of carbonyl (C=O) groups excluding carboxylic acids is 1. The number of unbranched alkanes of at least 4 members (excludes halogenated alkanes) is 30. The van der Waals surface area contributed by atoms with Crippen molar-refractivity contribution >= 4 is 5.91 Å². The number of rotatable bonds is 55. The molecule has 0 spiro atoms. The van der Waals surface area contributed by atoms with E-state index in [4.69, 9.17) is 18.9 Å². The highest BCUT2D eigenvalue weighted by atomic mass is 16.7. The highest BCUT2D eigenvalue weighted by Crippen LogP contribution is 2.30. The Morgan fingerprint density at radius 3 is 1.26 bits per heavy atom. The van der Waals surface area contributed by atoms with E-state index in [1.807, 2.05) is 0 Å². The fraction of sp³-hybridized carbons (Fsp3) is 0.814. The summed E-state index contributed by atoms with van der Waals surface area (Å²) in [6.07, 6.45) is 56.1. The third kappa shape index (κ3) is 38.7. The summed E-state index contributed by atoms with van der Waals surface area (Å²) in [4.78, 5) is 13.3. The van der Waals surface area contributed by atoms with Crippen LogP contribution in [0.5, 0.6) is 0 Å². The van der Waals surface area contributed by atoms with Crippen LogP contribution >= 0.6 is 0 Å². The third-order valence-corrected chi connectivity index (χ3v) is 16.4. The maximum absolute atomic E-state index is 13.3. The van der Waals surface area contributed by atoms with Gasteiger partial charge in [0.25, 0.3) is 0 Å². The van der Waals surface area contributed by atoms with Gasteiger partial charge in [0.15, 0.2) is 12.6 Å². The van der Waals surface area contributed by atoms with Gasteiger partial charge in [-0.3, -0.25) is 4.79 Å². The lowest BCUT2D eigenvalue weighted by molar-refractivity contribution is -0.359. The molecule has 0 aliphatic carbocycles. The Kier molecular flexibility index (Phi) is 50.4. The zero-order valence-electron chi connectivity index (χ0n) is 52.9. The summed E-state index contributed by atoms with van der Waals surface area (Å²) in [6.45, 7) is 2.77. The number of nitrogens with one attached hydrogen (secondary N) is 1. The molecule has 2 heterocycles. The van der Waals surface area contributed by atoms with Crippen molar-refractivity contribution in [2.75, 3.05) is 19.8 Å². The minimum Gasteiger partial charge on any atom is -0.394 e. The molecule has 0 bridgehead atoms. The van der Waals surface area contributed by atoms with E-state index in [2.05, 4.69) is 92.1 Å². The van der Waals surface area contributed by atoms with Crippen LogP contribution in [0.25, 0.3) is 0 Å². The largest absolute Gasteiger partial charge is 0.394 e. The Bertz CT molecular complexity index is 1690. The molecule has 0 aromatic heterocycles. The van der Waals surface area contributed by atoms with Gasteiger partial charge in [-0.25, -0.2) is 0 Å². The van der Waals surface area contributed by atoms with Crippen molar-refractivity contribution in [2.45, 2.75) is 344 Å². The van der Waals surface area contributed by atoms with E-state index < -0.39 is 86.8 Å². The summed E-state index contributed by atoms with van der Waals surface area (Å²) >= 11 is 0. The van der Waals surface area contributed by atoms with Crippen LogP contribution in [0.1, 0.15) is 271 Å². The summed E-state index contributed by atoms with van der Waals surface area (Å²) in [7, 11) is 0. The van der Waals surface area contributed by atoms with E-state index in [9.17, 15) is 45.6 Å². The van der Waals surface area contributed by atoms with Gasteiger partial charge >= 0.3 is 0 Å². The molecule has 0 saturated carbocycles. The average Bonchev–Trinajstić information content (AvgIpc) is 3.24. The maximum Gasteiger partial charge on any atom is 0.220 e. The highest BCUT2D eigenvalue weighted by molar-refractivity contribution is 5.76. The number of allylic oxidation sites excluding steroid dienone is 12. The topological polar surface area (TPSA) is 228 Å². The SMILES string of the molecule is CC/C=C\C/C=C\C/C=C\C/C=C\C/C=C\C/C=C\CCCCCCCCCCCCC(=O)NC(COC1OC(CO)C(OC2OC(CO)C(O)C(O)C2O)C(O)C1O)C(O)CCCCCCCCCCCCCCCCCCCCCCC. The first-order chi connectivity index (χ1) is 41.1. The quantitative estimate of drug-likeness (QED) is 0.0204. The number of aliphatic hydroxyl groups excluding tert-OH is 8. The Balaban J connectivity index is 1.69. The Hall–Kier alpha value is -2.57. The molecule has 14 nitrogen and oxygen atoms in total. The molecule has 1 amide bonds. The van der Waals surface area contributed by atoms with E-state index in [1.165, 1.54) is 148 Å². The lowest BCUT2D eigenvalue weighted by Gasteiger charge is -2.46. The lowest BCUT2D eigenvalue weighted by atomic mass is 9.97. The van der Waals surface area contributed by atoms with Gasteiger partial charge in [0.2, 0.25) is 5.91 Å². The van der Waals surface area contributed by atoms with Gasteiger partial charge in [-0.2, -0.15) is 0 Å². The van der Waals surface area contributed by atoms with E-state index in [1.54, 1.807) is 0 Å². The zero-order valence-corrected chi connectivity index (χ0v) is 52.9. The summed E-state index contributed by atoms with van der Waals surface area (Å²) in [5, 5.41) is 87.6. The number of amides is 1. The van der Waals surface area contributed by atoms with E-state index >= 15 is 0 Å². The second-order valence-electron chi connectivity index (χ2n) is 23.9. The van der Waals surface area contributed by atoms with Crippen LogP contribution in [-0.2, 0) is 23.7 Å². The molecule has 12 unspecified atom stereocenters. The molecule has 2 rings (SSSR count). The van der Waals surface area contributed by atoms with Gasteiger partial charge in [-0.15, -0.1) is 0 Å². The number of ether oxygens (including phenoxy) is 4. The van der Waals surface area contributed by atoms with Crippen LogP contribution < -0.4 is 5.32 Å².